The Balaban J connectivity index is 1.89. The minimum atomic E-state index is 0.0385. The molecule has 1 fully saturated rings. The Kier molecular flexibility index (Phi) is 4.15. The lowest BCUT2D eigenvalue weighted by Crippen LogP contribution is -2.42. The SMILES string of the molecule is CC(NC(=O)c1ccccc1)C1CCNCC1. The molecular weight excluding hydrogens is 212 g/mol. The van der Waals surface area contributed by atoms with Gasteiger partial charge >= 0.3 is 0 Å². The summed E-state index contributed by atoms with van der Waals surface area (Å²) in [6, 6.07) is 9.67. The van der Waals surface area contributed by atoms with Crippen LogP contribution >= 0.6 is 0 Å². The Morgan fingerprint density at radius 1 is 1.29 bits per heavy atom. The van der Waals surface area contributed by atoms with Crippen molar-refractivity contribution in [3.8, 4) is 0 Å². The van der Waals surface area contributed by atoms with E-state index in [0.29, 0.717) is 5.92 Å². The Bertz CT molecular complexity index is 358. The van der Waals surface area contributed by atoms with Gasteiger partial charge in [0.25, 0.3) is 5.91 Å². The molecule has 3 nitrogen and oxygen atoms in total. The smallest absolute Gasteiger partial charge is 0.251 e. The van der Waals surface area contributed by atoms with E-state index >= 15 is 0 Å². The lowest BCUT2D eigenvalue weighted by atomic mass is 9.91. The van der Waals surface area contributed by atoms with Crippen LogP contribution < -0.4 is 10.6 Å². The molecule has 0 spiro atoms. The Morgan fingerprint density at radius 2 is 1.94 bits per heavy atom. The van der Waals surface area contributed by atoms with Crippen molar-refractivity contribution in [2.24, 2.45) is 5.92 Å². The highest BCUT2D eigenvalue weighted by Crippen LogP contribution is 2.16. The molecule has 1 heterocycles. The summed E-state index contributed by atoms with van der Waals surface area (Å²) in [5.41, 5.74) is 0.744. The predicted molar refractivity (Wildman–Crippen MR) is 69.0 cm³/mol. The van der Waals surface area contributed by atoms with Gasteiger partial charge in [0.05, 0.1) is 0 Å². The molecule has 0 saturated carbocycles. The summed E-state index contributed by atoms with van der Waals surface area (Å²) in [7, 11) is 0. The molecular formula is C14H20N2O. The number of hydrogen-bond acceptors (Lipinski definition) is 2. The number of piperidine rings is 1. The van der Waals surface area contributed by atoms with Gasteiger partial charge < -0.3 is 10.6 Å². The highest BCUT2D eigenvalue weighted by atomic mass is 16.1. The van der Waals surface area contributed by atoms with Crippen molar-refractivity contribution in [2.45, 2.75) is 25.8 Å². The van der Waals surface area contributed by atoms with Crippen LogP contribution in [0.4, 0.5) is 0 Å². The third-order valence-corrected chi connectivity index (χ3v) is 3.49. The van der Waals surface area contributed by atoms with Crippen molar-refractivity contribution in [3.63, 3.8) is 0 Å². The van der Waals surface area contributed by atoms with Gasteiger partial charge in [-0.25, -0.2) is 0 Å². The van der Waals surface area contributed by atoms with Gasteiger partial charge in [0, 0.05) is 11.6 Å². The van der Waals surface area contributed by atoms with E-state index in [1.165, 1.54) is 0 Å². The molecule has 0 aromatic heterocycles. The molecule has 0 bridgehead atoms. The van der Waals surface area contributed by atoms with Crippen LogP contribution in [-0.2, 0) is 0 Å². The summed E-state index contributed by atoms with van der Waals surface area (Å²) in [5, 5.41) is 6.44. The predicted octanol–water partition coefficient (Wildman–Crippen LogP) is 1.80. The van der Waals surface area contributed by atoms with E-state index in [2.05, 4.69) is 17.6 Å². The standard InChI is InChI=1S/C14H20N2O/c1-11(12-7-9-15-10-8-12)16-14(17)13-5-3-2-4-6-13/h2-6,11-12,15H,7-10H2,1H3,(H,16,17). The molecule has 1 amide bonds. The van der Waals surface area contributed by atoms with E-state index < -0.39 is 0 Å². The molecule has 92 valence electrons. The first-order chi connectivity index (χ1) is 8.27. The van der Waals surface area contributed by atoms with Crippen molar-refractivity contribution >= 4 is 5.91 Å². The first-order valence-electron chi connectivity index (χ1n) is 6.34. The molecule has 1 aliphatic rings. The topological polar surface area (TPSA) is 41.1 Å². The minimum absolute atomic E-state index is 0.0385. The van der Waals surface area contributed by atoms with Crippen LogP contribution in [0.1, 0.15) is 30.1 Å². The molecule has 17 heavy (non-hydrogen) atoms. The van der Waals surface area contributed by atoms with Crippen LogP contribution in [0, 0.1) is 5.92 Å². The maximum atomic E-state index is 12.0. The number of nitrogens with one attached hydrogen (secondary N) is 2. The van der Waals surface area contributed by atoms with Crippen LogP contribution in [0.5, 0.6) is 0 Å². The molecule has 1 unspecified atom stereocenters. The summed E-state index contributed by atoms with van der Waals surface area (Å²) < 4.78 is 0. The van der Waals surface area contributed by atoms with Crippen LogP contribution in [0.2, 0.25) is 0 Å². The van der Waals surface area contributed by atoms with Crippen molar-refractivity contribution in [1.29, 1.82) is 0 Å². The van der Waals surface area contributed by atoms with Crippen molar-refractivity contribution in [1.82, 2.24) is 10.6 Å². The normalized spacial score (nSPS) is 18.6. The molecule has 1 aliphatic heterocycles. The quantitative estimate of drug-likeness (QED) is 0.834. The summed E-state index contributed by atoms with van der Waals surface area (Å²) in [5.74, 6) is 0.639. The molecule has 1 atom stereocenters. The third-order valence-electron chi connectivity index (χ3n) is 3.49. The molecule has 3 heteroatoms. The van der Waals surface area contributed by atoms with Crippen molar-refractivity contribution in [3.05, 3.63) is 35.9 Å². The van der Waals surface area contributed by atoms with E-state index in [0.717, 1.165) is 31.5 Å². The average molecular weight is 232 g/mol. The fourth-order valence-corrected chi connectivity index (χ4v) is 2.34. The van der Waals surface area contributed by atoms with Gasteiger partial charge in [-0.15, -0.1) is 0 Å². The van der Waals surface area contributed by atoms with Crippen LogP contribution in [0.15, 0.2) is 30.3 Å². The van der Waals surface area contributed by atoms with Gasteiger partial charge in [-0.3, -0.25) is 4.79 Å². The van der Waals surface area contributed by atoms with E-state index in [9.17, 15) is 4.79 Å². The lowest BCUT2D eigenvalue weighted by Gasteiger charge is -2.28. The van der Waals surface area contributed by atoms with Crippen LogP contribution in [-0.4, -0.2) is 25.0 Å². The van der Waals surface area contributed by atoms with Crippen LogP contribution in [0.25, 0.3) is 0 Å². The minimum Gasteiger partial charge on any atom is -0.349 e. The second-order valence-electron chi connectivity index (χ2n) is 4.72. The number of benzene rings is 1. The van der Waals surface area contributed by atoms with Crippen molar-refractivity contribution in [2.75, 3.05) is 13.1 Å². The maximum absolute atomic E-state index is 12.0. The van der Waals surface area contributed by atoms with Crippen LogP contribution in [0.3, 0.4) is 0 Å². The number of carbonyl (C=O) groups is 1. The van der Waals surface area contributed by atoms with Gasteiger partial charge in [-0.05, 0) is 50.9 Å². The monoisotopic (exact) mass is 232 g/mol. The summed E-state index contributed by atoms with van der Waals surface area (Å²) in [6.07, 6.45) is 2.30. The van der Waals surface area contributed by atoms with Gasteiger partial charge in [0.2, 0.25) is 0 Å². The van der Waals surface area contributed by atoms with E-state index in [1.54, 1.807) is 0 Å². The zero-order chi connectivity index (χ0) is 12.1. The molecule has 1 aromatic carbocycles. The molecule has 0 radical (unpaired) electrons. The Labute approximate surface area is 103 Å². The van der Waals surface area contributed by atoms with Gasteiger partial charge in [-0.1, -0.05) is 18.2 Å². The Hall–Kier alpha value is -1.35. The van der Waals surface area contributed by atoms with Gasteiger partial charge in [0.1, 0.15) is 0 Å². The highest BCUT2D eigenvalue weighted by Gasteiger charge is 2.21. The number of carbonyl (C=O) groups excluding carboxylic acids is 1. The Morgan fingerprint density at radius 3 is 2.59 bits per heavy atom. The average Bonchev–Trinajstić information content (AvgIpc) is 2.40. The summed E-state index contributed by atoms with van der Waals surface area (Å²) in [6.45, 7) is 4.24. The maximum Gasteiger partial charge on any atom is 0.251 e. The molecule has 1 aromatic rings. The first-order valence-corrected chi connectivity index (χ1v) is 6.34. The van der Waals surface area contributed by atoms with Crippen molar-refractivity contribution < 1.29 is 4.79 Å². The number of hydrogen-bond donors (Lipinski definition) is 2. The van der Waals surface area contributed by atoms with Gasteiger partial charge in [0.15, 0.2) is 0 Å². The second-order valence-corrected chi connectivity index (χ2v) is 4.72. The third kappa shape index (κ3) is 3.30. The highest BCUT2D eigenvalue weighted by molar-refractivity contribution is 5.94. The zero-order valence-corrected chi connectivity index (χ0v) is 10.3. The zero-order valence-electron chi connectivity index (χ0n) is 10.3. The molecule has 2 N–H and O–H groups in total. The molecule has 1 saturated heterocycles. The second kappa shape index (κ2) is 5.82. The summed E-state index contributed by atoms with van der Waals surface area (Å²) in [4.78, 5) is 12.0. The lowest BCUT2D eigenvalue weighted by molar-refractivity contribution is 0.0920. The van der Waals surface area contributed by atoms with Gasteiger partial charge in [-0.2, -0.15) is 0 Å². The first kappa shape index (κ1) is 12.1. The van der Waals surface area contributed by atoms with E-state index in [1.807, 2.05) is 30.3 Å². The fraction of sp³-hybridized carbons (Fsp3) is 0.500. The molecule has 0 aliphatic carbocycles. The fourth-order valence-electron chi connectivity index (χ4n) is 2.34. The number of amides is 1. The largest absolute Gasteiger partial charge is 0.349 e. The van der Waals surface area contributed by atoms with E-state index in [-0.39, 0.29) is 11.9 Å². The molecule has 2 rings (SSSR count). The summed E-state index contributed by atoms with van der Waals surface area (Å²) >= 11 is 0. The van der Waals surface area contributed by atoms with E-state index in [4.69, 9.17) is 0 Å². The number of rotatable bonds is 3.